The van der Waals surface area contributed by atoms with Crippen LogP contribution in [0.2, 0.25) is 5.15 Å². The van der Waals surface area contributed by atoms with E-state index in [0.717, 1.165) is 19.7 Å². The summed E-state index contributed by atoms with van der Waals surface area (Å²) in [7, 11) is 0. The molecule has 2 aromatic heterocycles. The van der Waals surface area contributed by atoms with Gasteiger partial charge in [0.05, 0.1) is 0 Å². The molecule has 3 rings (SSSR count). The van der Waals surface area contributed by atoms with Crippen molar-refractivity contribution in [3.05, 3.63) is 49.7 Å². The van der Waals surface area contributed by atoms with Crippen LogP contribution >= 0.6 is 34.2 Å². The van der Waals surface area contributed by atoms with Crippen LogP contribution in [0.3, 0.4) is 0 Å². The van der Waals surface area contributed by atoms with E-state index >= 15 is 0 Å². The minimum Gasteiger partial charge on any atom is -0.327 e. The van der Waals surface area contributed by atoms with Gasteiger partial charge in [0.1, 0.15) is 5.15 Å². The summed E-state index contributed by atoms with van der Waals surface area (Å²) in [5.41, 5.74) is -0.0877. The first-order valence-electron chi connectivity index (χ1n) is 4.92. The molecule has 3 nitrogen and oxygen atoms in total. The molecule has 1 aromatic carbocycles. The van der Waals surface area contributed by atoms with Crippen molar-refractivity contribution < 1.29 is 0 Å². The van der Waals surface area contributed by atoms with Crippen LogP contribution in [0.5, 0.6) is 0 Å². The average molecular weight is 357 g/mol. The number of aromatic amines is 1. The maximum absolute atomic E-state index is 11.8. The summed E-state index contributed by atoms with van der Waals surface area (Å²) in [6, 6.07) is 5.61. The molecule has 0 saturated carbocycles. The molecule has 0 saturated heterocycles. The molecule has 0 spiro atoms. The zero-order valence-corrected chi connectivity index (χ0v) is 11.4. The third kappa shape index (κ3) is 1.71. The van der Waals surface area contributed by atoms with Crippen LogP contribution in [0.1, 0.15) is 0 Å². The first-order chi connectivity index (χ1) is 8.16. The highest BCUT2D eigenvalue weighted by molar-refractivity contribution is 14.1. The van der Waals surface area contributed by atoms with Crippen molar-refractivity contribution in [2.24, 2.45) is 0 Å². The van der Waals surface area contributed by atoms with E-state index in [2.05, 4.69) is 32.6 Å². The first-order valence-corrected chi connectivity index (χ1v) is 6.37. The number of fused-ring (bicyclic) bond motifs is 2. The number of benzene rings is 1. The molecule has 3 aromatic rings. The van der Waals surface area contributed by atoms with Gasteiger partial charge >= 0.3 is 0 Å². The van der Waals surface area contributed by atoms with Gasteiger partial charge in [-0.3, -0.25) is 4.79 Å². The van der Waals surface area contributed by atoms with E-state index in [1.54, 1.807) is 12.4 Å². The molecule has 0 aliphatic rings. The molecule has 0 unspecified atom stereocenters. The van der Waals surface area contributed by atoms with E-state index in [1.165, 1.54) is 0 Å². The standard InChI is InChI=1S/C12H6ClIN2O/c13-11-7-4-8-9(3-6(7)1-2-15-11)12(17)16-5-10(8)14/h1-5H,(H,16,17). The van der Waals surface area contributed by atoms with Crippen molar-refractivity contribution in [3.8, 4) is 0 Å². The number of rotatable bonds is 0. The van der Waals surface area contributed by atoms with E-state index in [9.17, 15) is 4.79 Å². The lowest BCUT2D eigenvalue weighted by Gasteiger charge is -2.04. The first kappa shape index (κ1) is 11.0. The summed E-state index contributed by atoms with van der Waals surface area (Å²) in [6.07, 6.45) is 3.33. The molecular weight excluding hydrogens is 351 g/mol. The molecule has 1 N–H and O–H groups in total. The predicted octanol–water partition coefficient (Wildman–Crippen LogP) is 3.33. The number of aromatic nitrogens is 2. The zero-order chi connectivity index (χ0) is 12.0. The molecular formula is C12H6ClIN2O. The average Bonchev–Trinajstić information content (AvgIpc) is 2.33. The summed E-state index contributed by atoms with van der Waals surface area (Å²) in [6.45, 7) is 0. The zero-order valence-electron chi connectivity index (χ0n) is 8.50. The molecule has 0 aliphatic heterocycles. The van der Waals surface area contributed by atoms with Gasteiger partial charge in [0.15, 0.2) is 0 Å². The normalized spacial score (nSPS) is 11.2. The molecule has 17 heavy (non-hydrogen) atoms. The lowest BCUT2D eigenvalue weighted by molar-refractivity contribution is 1.26. The second-order valence-electron chi connectivity index (χ2n) is 3.69. The van der Waals surface area contributed by atoms with Crippen LogP contribution in [-0.4, -0.2) is 9.97 Å². The van der Waals surface area contributed by atoms with Crippen molar-refractivity contribution in [2.75, 3.05) is 0 Å². The number of hydrogen-bond acceptors (Lipinski definition) is 2. The minimum atomic E-state index is -0.0877. The van der Waals surface area contributed by atoms with Gasteiger partial charge in [-0.2, -0.15) is 0 Å². The lowest BCUT2D eigenvalue weighted by atomic mass is 10.1. The van der Waals surface area contributed by atoms with Crippen molar-refractivity contribution in [2.45, 2.75) is 0 Å². The van der Waals surface area contributed by atoms with Gasteiger partial charge in [0, 0.05) is 32.1 Å². The van der Waals surface area contributed by atoms with Gasteiger partial charge in [-0.15, -0.1) is 0 Å². The van der Waals surface area contributed by atoms with Gasteiger partial charge in [-0.05, 0) is 46.2 Å². The fraction of sp³-hybridized carbons (Fsp3) is 0. The number of pyridine rings is 2. The number of nitrogens with zero attached hydrogens (tertiary/aromatic N) is 1. The van der Waals surface area contributed by atoms with E-state index in [0.29, 0.717) is 10.5 Å². The van der Waals surface area contributed by atoms with Crippen LogP contribution in [-0.2, 0) is 0 Å². The summed E-state index contributed by atoms with van der Waals surface area (Å²) in [5, 5.41) is 3.82. The smallest absolute Gasteiger partial charge is 0.255 e. The lowest BCUT2D eigenvalue weighted by Crippen LogP contribution is -2.05. The fourth-order valence-electron chi connectivity index (χ4n) is 1.86. The Morgan fingerprint density at radius 1 is 1.24 bits per heavy atom. The topological polar surface area (TPSA) is 45.8 Å². The second-order valence-corrected chi connectivity index (χ2v) is 5.21. The Labute approximate surface area is 115 Å². The fourth-order valence-corrected chi connectivity index (χ4v) is 2.68. The summed E-state index contributed by atoms with van der Waals surface area (Å²) < 4.78 is 0.985. The third-order valence-electron chi connectivity index (χ3n) is 2.69. The highest BCUT2D eigenvalue weighted by Crippen LogP contribution is 2.27. The van der Waals surface area contributed by atoms with Crippen LogP contribution < -0.4 is 5.56 Å². The van der Waals surface area contributed by atoms with E-state index < -0.39 is 0 Å². The summed E-state index contributed by atoms with van der Waals surface area (Å²) in [5.74, 6) is 0. The monoisotopic (exact) mass is 356 g/mol. The highest BCUT2D eigenvalue weighted by atomic mass is 127. The Bertz CT molecular complexity index is 797. The summed E-state index contributed by atoms with van der Waals surface area (Å²) in [4.78, 5) is 18.5. The van der Waals surface area contributed by atoms with Gasteiger partial charge in [-0.1, -0.05) is 11.6 Å². The Kier molecular flexibility index (Phi) is 2.56. The molecule has 0 aliphatic carbocycles. The number of H-pyrrole nitrogens is 1. The predicted molar refractivity (Wildman–Crippen MR) is 77.6 cm³/mol. The van der Waals surface area contributed by atoms with E-state index in [-0.39, 0.29) is 5.56 Å². The second kappa shape index (κ2) is 3.96. The van der Waals surface area contributed by atoms with E-state index in [1.807, 2.05) is 18.2 Å². The molecule has 5 heteroatoms. The molecule has 0 amide bonds. The number of hydrogen-bond donors (Lipinski definition) is 1. The molecule has 0 bridgehead atoms. The van der Waals surface area contributed by atoms with Gasteiger partial charge in [0.2, 0.25) is 0 Å². The van der Waals surface area contributed by atoms with Gasteiger partial charge < -0.3 is 4.98 Å². The molecule has 0 atom stereocenters. The van der Waals surface area contributed by atoms with Gasteiger partial charge in [-0.25, -0.2) is 4.98 Å². The molecule has 0 radical (unpaired) electrons. The summed E-state index contributed by atoms with van der Waals surface area (Å²) >= 11 is 8.24. The van der Waals surface area contributed by atoms with Crippen LogP contribution in [0.25, 0.3) is 21.5 Å². The van der Waals surface area contributed by atoms with Crippen molar-refractivity contribution in [1.29, 1.82) is 0 Å². The Morgan fingerprint density at radius 2 is 2.06 bits per heavy atom. The maximum atomic E-state index is 11.8. The SMILES string of the molecule is O=c1[nH]cc(I)c2cc3c(Cl)nccc3cc12. The molecule has 84 valence electrons. The maximum Gasteiger partial charge on any atom is 0.255 e. The van der Waals surface area contributed by atoms with Crippen molar-refractivity contribution in [1.82, 2.24) is 9.97 Å². The Hall–Kier alpha value is -1.14. The van der Waals surface area contributed by atoms with Crippen LogP contribution in [0, 0.1) is 3.57 Å². The van der Waals surface area contributed by atoms with Crippen LogP contribution in [0.15, 0.2) is 35.4 Å². The quantitative estimate of drug-likeness (QED) is 0.381. The van der Waals surface area contributed by atoms with Gasteiger partial charge in [0.25, 0.3) is 5.56 Å². The van der Waals surface area contributed by atoms with Crippen molar-refractivity contribution in [3.63, 3.8) is 0 Å². The van der Waals surface area contributed by atoms with Crippen LogP contribution in [0.4, 0.5) is 0 Å². The van der Waals surface area contributed by atoms with Crippen molar-refractivity contribution >= 4 is 55.7 Å². The number of halogens is 2. The third-order valence-corrected chi connectivity index (χ3v) is 3.88. The molecule has 2 heterocycles. The molecule has 0 fully saturated rings. The Morgan fingerprint density at radius 3 is 2.88 bits per heavy atom. The Balaban J connectivity index is 2.62. The highest BCUT2D eigenvalue weighted by Gasteiger charge is 2.07. The van der Waals surface area contributed by atoms with E-state index in [4.69, 9.17) is 11.6 Å². The number of nitrogens with one attached hydrogen (secondary N) is 1. The minimum absolute atomic E-state index is 0.0877. The largest absolute Gasteiger partial charge is 0.327 e.